The van der Waals surface area contributed by atoms with E-state index >= 15 is 0 Å². The highest BCUT2D eigenvalue weighted by Crippen LogP contribution is 2.19. The van der Waals surface area contributed by atoms with Crippen molar-refractivity contribution in [3.05, 3.63) is 45.4 Å². The number of nitrogens with zero attached hydrogens (tertiary/aromatic N) is 1. The zero-order valence-corrected chi connectivity index (χ0v) is 13.8. The van der Waals surface area contributed by atoms with E-state index in [2.05, 4.69) is 21.3 Å². The second-order valence-corrected chi connectivity index (χ2v) is 6.31. The number of carbonyl (C=O) groups is 1. The fourth-order valence-corrected chi connectivity index (χ4v) is 3.12. The average molecular weight is 306 g/mol. The smallest absolute Gasteiger partial charge is 0.253 e. The first-order valence-electron chi connectivity index (χ1n) is 7.01. The van der Waals surface area contributed by atoms with E-state index in [0.29, 0.717) is 6.61 Å². The zero-order chi connectivity index (χ0) is 15.4. The van der Waals surface area contributed by atoms with Crippen LogP contribution in [0.4, 0.5) is 0 Å². The van der Waals surface area contributed by atoms with Crippen molar-refractivity contribution in [2.24, 2.45) is 0 Å². The van der Waals surface area contributed by atoms with E-state index < -0.39 is 0 Å². The van der Waals surface area contributed by atoms with Crippen LogP contribution in [0.25, 0.3) is 0 Å². The monoisotopic (exact) mass is 306 g/mol. The van der Waals surface area contributed by atoms with Crippen molar-refractivity contribution in [1.82, 2.24) is 9.88 Å². The number of aromatic nitrogens is 1. The number of hydrogen-bond donors (Lipinski definition) is 1. The third-order valence-electron chi connectivity index (χ3n) is 3.51. The van der Waals surface area contributed by atoms with Gasteiger partial charge in [0.15, 0.2) is 0 Å². The van der Waals surface area contributed by atoms with Gasteiger partial charge >= 0.3 is 0 Å². The first kappa shape index (κ1) is 15.8. The van der Waals surface area contributed by atoms with Gasteiger partial charge in [0, 0.05) is 29.4 Å². The Balaban J connectivity index is 2.16. The van der Waals surface area contributed by atoms with Gasteiger partial charge in [-0.15, -0.1) is 11.3 Å². The van der Waals surface area contributed by atoms with Gasteiger partial charge in [0.05, 0.1) is 18.7 Å². The molecule has 0 radical (unpaired) electrons. The Bertz CT molecular complexity index is 602. The summed E-state index contributed by atoms with van der Waals surface area (Å²) in [6.45, 7) is 7.30. The summed E-state index contributed by atoms with van der Waals surface area (Å²) in [6.07, 6.45) is 0. The van der Waals surface area contributed by atoms with Crippen LogP contribution in [0.1, 0.15) is 33.5 Å². The van der Waals surface area contributed by atoms with Crippen molar-refractivity contribution >= 4 is 17.2 Å². The lowest BCUT2D eigenvalue weighted by Gasteiger charge is -2.13. The van der Waals surface area contributed by atoms with Gasteiger partial charge in [0.25, 0.3) is 5.91 Å². The predicted octanol–water partition coefficient (Wildman–Crippen LogP) is 2.98. The fraction of sp³-hybridized carbons (Fsp3) is 0.438. The van der Waals surface area contributed by atoms with Gasteiger partial charge < -0.3 is 14.6 Å². The summed E-state index contributed by atoms with van der Waals surface area (Å²) in [5.41, 5.74) is 2.85. The molecule has 1 unspecified atom stereocenters. The maximum Gasteiger partial charge on any atom is 0.253 e. The fourth-order valence-electron chi connectivity index (χ4n) is 2.43. The van der Waals surface area contributed by atoms with Crippen molar-refractivity contribution < 1.29 is 9.53 Å². The number of thiophene rings is 1. The van der Waals surface area contributed by atoms with Crippen molar-refractivity contribution in [3.63, 3.8) is 0 Å². The van der Waals surface area contributed by atoms with E-state index in [0.717, 1.165) is 23.5 Å². The second-order valence-electron chi connectivity index (χ2n) is 5.28. The maximum absolute atomic E-state index is 12.3. The van der Waals surface area contributed by atoms with Gasteiger partial charge in [-0.05, 0) is 38.3 Å². The normalized spacial score (nSPS) is 12.4. The molecule has 0 saturated heterocycles. The SMILES string of the molecule is COCC(C)NC(=O)c1cc(C)n(Cc2cccs2)c1C. The Labute approximate surface area is 129 Å². The van der Waals surface area contributed by atoms with Crippen LogP contribution in [0.15, 0.2) is 23.6 Å². The molecule has 0 aromatic carbocycles. The summed E-state index contributed by atoms with van der Waals surface area (Å²) in [7, 11) is 1.63. The molecule has 1 N–H and O–H groups in total. The molecule has 0 saturated carbocycles. The molecular formula is C16H22N2O2S. The average Bonchev–Trinajstić information content (AvgIpc) is 3.02. The Kier molecular flexibility index (Phi) is 5.20. The Hall–Kier alpha value is -1.59. The summed E-state index contributed by atoms with van der Waals surface area (Å²) in [5.74, 6) is -0.0370. The molecule has 0 spiro atoms. The van der Waals surface area contributed by atoms with Gasteiger partial charge in [0.2, 0.25) is 0 Å². The van der Waals surface area contributed by atoms with Crippen LogP contribution < -0.4 is 5.32 Å². The lowest BCUT2D eigenvalue weighted by molar-refractivity contribution is 0.0905. The molecule has 0 fully saturated rings. The predicted molar refractivity (Wildman–Crippen MR) is 86.1 cm³/mol. The summed E-state index contributed by atoms with van der Waals surface area (Å²) in [4.78, 5) is 13.6. The van der Waals surface area contributed by atoms with Gasteiger partial charge in [-0.25, -0.2) is 0 Å². The third kappa shape index (κ3) is 3.74. The van der Waals surface area contributed by atoms with Crippen LogP contribution in [0.5, 0.6) is 0 Å². The van der Waals surface area contributed by atoms with E-state index in [4.69, 9.17) is 4.74 Å². The van der Waals surface area contributed by atoms with Gasteiger partial charge in [-0.3, -0.25) is 4.79 Å². The third-order valence-corrected chi connectivity index (χ3v) is 4.37. The first-order chi connectivity index (χ1) is 10.0. The van der Waals surface area contributed by atoms with E-state index in [1.165, 1.54) is 4.88 Å². The van der Waals surface area contributed by atoms with Gasteiger partial charge in [-0.2, -0.15) is 0 Å². The number of amides is 1. The molecule has 2 rings (SSSR count). The van der Waals surface area contributed by atoms with Crippen LogP contribution in [-0.2, 0) is 11.3 Å². The number of rotatable bonds is 6. The molecule has 2 aromatic heterocycles. The highest BCUT2D eigenvalue weighted by molar-refractivity contribution is 7.09. The van der Waals surface area contributed by atoms with Crippen molar-refractivity contribution in [2.75, 3.05) is 13.7 Å². The van der Waals surface area contributed by atoms with E-state index in [9.17, 15) is 4.79 Å². The highest BCUT2D eigenvalue weighted by Gasteiger charge is 2.17. The van der Waals surface area contributed by atoms with Crippen molar-refractivity contribution in [3.8, 4) is 0 Å². The largest absolute Gasteiger partial charge is 0.383 e. The molecular weight excluding hydrogens is 284 g/mol. The molecule has 2 aromatic rings. The van der Waals surface area contributed by atoms with Crippen molar-refractivity contribution in [2.45, 2.75) is 33.4 Å². The Morgan fingerprint density at radius 2 is 2.24 bits per heavy atom. The van der Waals surface area contributed by atoms with E-state index in [-0.39, 0.29) is 11.9 Å². The zero-order valence-electron chi connectivity index (χ0n) is 13.0. The molecule has 1 amide bonds. The quantitative estimate of drug-likeness (QED) is 0.891. The molecule has 114 valence electrons. The molecule has 21 heavy (non-hydrogen) atoms. The van der Waals surface area contributed by atoms with E-state index in [1.807, 2.05) is 32.9 Å². The second kappa shape index (κ2) is 6.91. The van der Waals surface area contributed by atoms with E-state index in [1.54, 1.807) is 18.4 Å². The minimum atomic E-state index is -0.0370. The number of nitrogens with one attached hydrogen (secondary N) is 1. The molecule has 1 atom stereocenters. The summed E-state index contributed by atoms with van der Waals surface area (Å²) < 4.78 is 7.23. The van der Waals surface area contributed by atoms with Crippen LogP contribution in [0, 0.1) is 13.8 Å². The summed E-state index contributed by atoms with van der Waals surface area (Å²) >= 11 is 1.73. The van der Waals surface area contributed by atoms with Gasteiger partial charge in [0.1, 0.15) is 0 Å². The first-order valence-corrected chi connectivity index (χ1v) is 7.89. The summed E-state index contributed by atoms with van der Waals surface area (Å²) in [5, 5.41) is 5.04. The molecule has 0 bridgehead atoms. The van der Waals surface area contributed by atoms with Crippen LogP contribution >= 0.6 is 11.3 Å². The molecule has 5 heteroatoms. The van der Waals surface area contributed by atoms with Gasteiger partial charge in [-0.1, -0.05) is 6.07 Å². The standard InChI is InChI=1S/C16H22N2O2S/c1-11(10-20-4)17-16(19)15-8-12(2)18(13(15)3)9-14-6-5-7-21-14/h5-8,11H,9-10H2,1-4H3,(H,17,19). The number of aryl methyl sites for hydroxylation is 1. The Morgan fingerprint density at radius 1 is 1.48 bits per heavy atom. The lowest BCUT2D eigenvalue weighted by atomic mass is 10.2. The number of hydrogen-bond acceptors (Lipinski definition) is 3. The molecule has 0 aliphatic carbocycles. The number of carbonyl (C=O) groups excluding carboxylic acids is 1. The lowest BCUT2D eigenvalue weighted by Crippen LogP contribution is -2.35. The molecule has 0 aliphatic rings. The molecule has 0 aliphatic heterocycles. The molecule has 4 nitrogen and oxygen atoms in total. The van der Waals surface area contributed by atoms with Crippen LogP contribution in [0.3, 0.4) is 0 Å². The van der Waals surface area contributed by atoms with Crippen LogP contribution in [-0.4, -0.2) is 30.2 Å². The molecule has 2 heterocycles. The summed E-state index contributed by atoms with van der Waals surface area (Å²) in [6, 6.07) is 6.12. The Morgan fingerprint density at radius 3 is 2.86 bits per heavy atom. The minimum Gasteiger partial charge on any atom is -0.383 e. The van der Waals surface area contributed by atoms with Crippen LogP contribution in [0.2, 0.25) is 0 Å². The highest BCUT2D eigenvalue weighted by atomic mass is 32.1. The number of ether oxygens (including phenoxy) is 1. The number of methoxy groups -OCH3 is 1. The maximum atomic E-state index is 12.3. The van der Waals surface area contributed by atoms with Crippen molar-refractivity contribution in [1.29, 1.82) is 0 Å². The topological polar surface area (TPSA) is 43.3 Å². The minimum absolute atomic E-state index is 0.00264.